The van der Waals surface area contributed by atoms with Crippen LogP contribution in [0.15, 0.2) is 47.4 Å². The average molecular weight is 290 g/mol. The molecule has 1 aliphatic rings. The smallest absolute Gasteiger partial charge is 0.243 e. The molecular weight excluding hydrogens is 272 g/mol. The fourth-order valence-corrected chi connectivity index (χ4v) is 4.24. The summed E-state index contributed by atoms with van der Waals surface area (Å²) in [5.74, 6) is 0. The number of hydrogen-bond donors (Lipinski definition) is 1. The third-order valence-electron chi connectivity index (χ3n) is 3.78. The van der Waals surface area contributed by atoms with Crippen molar-refractivity contribution in [2.24, 2.45) is 5.73 Å². The summed E-state index contributed by atoms with van der Waals surface area (Å²) in [5, 5.41) is 1.98. The lowest BCUT2D eigenvalue weighted by atomic mass is 10.1. The molecule has 0 bridgehead atoms. The van der Waals surface area contributed by atoms with Gasteiger partial charge in [-0.05, 0) is 35.7 Å². The molecule has 106 valence electrons. The Morgan fingerprint density at radius 3 is 2.60 bits per heavy atom. The van der Waals surface area contributed by atoms with Gasteiger partial charge in [-0.15, -0.1) is 0 Å². The van der Waals surface area contributed by atoms with E-state index in [1.165, 1.54) is 4.31 Å². The Bertz CT molecular complexity index is 727. The molecule has 4 nitrogen and oxygen atoms in total. The monoisotopic (exact) mass is 290 g/mol. The van der Waals surface area contributed by atoms with Gasteiger partial charge in [-0.25, -0.2) is 8.42 Å². The van der Waals surface area contributed by atoms with Crippen molar-refractivity contribution in [1.29, 1.82) is 0 Å². The van der Waals surface area contributed by atoms with E-state index in [4.69, 9.17) is 5.73 Å². The molecule has 2 aromatic carbocycles. The van der Waals surface area contributed by atoms with Gasteiger partial charge < -0.3 is 5.73 Å². The highest BCUT2D eigenvalue weighted by Crippen LogP contribution is 2.23. The van der Waals surface area contributed by atoms with Gasteiger partial charge in [-0.3, -0.25) is 0 Å². The number of benzene rings is 2. The van der Waals surface area contributed by atoms with Crippen LogP contribution in [0.25, 0.3) is 10.8 Å². The van der Waals surface area contributed by atoms with E-state index in [1.54, 1.807) is 12.1 Å². The molecular formula is C15H18N2O2S. The van der Waals surface area contributed by atoms with Gasteiger partial charge in [-0.1, -0.05) is 30.3 Å². The van der Waals surface area contributed by atoms with Gasteiger partial charge in [0, 0.05) is 19.1 Å². The average Bonchev–Trinajstić information content (AvgIpc) is 2.46. The van der Waals surface area contributed by atoms with Crippen LogP contribution in [0, 0.1) is 0 Å². The summed E-state index contributed by atoms with van der Waals surface area (Å²) in [4.78, 5) is 0.352. The second-order valence-corrected chi connectivity index (χ2v) is 7.21. The summed E-state index contributed by atoms with van der Waals surface area (Å²) in [6, 6.07) is 13.0. The third-order valence-corrected chi connectivity index (χ3v) is 5.64. The molecule has 0 aliphatic carbocycles. The van der Waals surface area contributed by atoms with Gasteiger partial charge in [0.05, 0.1) is 4.90 Å². The zero-order chi connectivity index (χ0) is 14.2. The second kappa shape index (κ2) is 5.16. The van der Waals surface area contributed by atoms with Gasteiger partial charge in [0.2, 0.25) is 10.0 Å². The van der Waals surface area contributed by atoms with Crippen LogP contribution >= 0.6 is 0 Å². The number of fused-ring (bicyclic) bond motifs is 1. The molecule has 0 aromatic heterocycles. The van der Waals surface area contributed by atoms with Gasteiger partial charge >= 0.3 is 0 Å². The van der Waals surface area contributed by atoms with E-state index in [2.05, 4.69) is 0 Å². The first-order valence-corrected chi connectivity index (χ1v) is 8.26. The molecule has 5 heteroatoms. The van der Waals surface area contributed by atoms with Crippen LogP contribution in [0.3, 0.4) is 0 Å². The lowest BCUT2D eigenvalue weighted by molar-refractivity contribution is 0.316. The van der Waals surface area contributed by atoms with Crippen LogP contribution in [-0.4, -0.2) is 31.9 Å². The van der Waals surface area contributed by atoms with Crippen LogP contribution in [0.2, 0.25) is 0 Å². The second-order valence-electron chi connectivity index (χ2n) is 5.27. The van der Waals surface area contributed by atoms with E-state index in [0.717, 1.165) is 23.6 Å². The number of rotatable bonds is 2. The van der Waals surface area contributed by atoms with Crippen molar-refractivity contribution >= 4 is 20.8 Å². The van der Waals surface area contributed by atoms with E-state index in [0.29, 0.717) is 18.0 Å². The largest absolute Gasteiger partial charge is 0.327 e. The van der Waals surface area contributed by atoms with Gasteiger partial charge in [-0.2, -0.15) is 4.31 Å². The van der Waals surface area contributed by atoms with Crippen LogP contribution in [-0.2, 0) is 10.0 Å². The molecule has 0 radical (unpaired) electrons. The zero-order valence-electron chi connectivity index (χ0n) is 11.2. The Morgan fingerprint density at radius 1 is 1.10 bits per heavy atom. The maximum atomic E-state index is 12.6. The van der Waals surface area contributed by atoms with Crippen molar-refractivity contribution < 1.29 is 8.42 Å². The summed E-state index contributed by atoms with van der Waals surface area (Å²) in [6.07, 6.45) is 1.72. The number of nitrogens with two attached hydrogens (primary N) is 1. The van der Waals surface area contributed by atoms with Crippen molar-refractivity contribution in [3.05, 3.63) is 42.5 Å². The van der Waals surface area contributed by atoms with Crippen LogP contribution < -0.4 is 5.73 Å². The van der Waals surface area contributed by atoms with E-state index >= 15 is 0 Å². The number of nitrogens with zero attached hydrogens (tertiary/aromatic N) is 1. The van der Waals surface area contributed by atoms with Crippen molar-refractivity contribution in [2.75, 3.05) is 13.1 Å². The molecule has 0 spiro atoms. The summed E-state index contributed by atoms with van der Waals surface area (Å²) in [7, 11) is -3.43. The molecule has 1 heterocycles. The van der Waals surface area contributed by atoms with Crippen molar-refractivity contribution in [2.45, 2.75) is 23.8 Å². The fourth-order valence-electron chi connectivity index (χ4n) is 2.67. The maximum absolute atomic E-state index is 12.6. The lowest BCUT2D eigenvalue weighted by Crippen LogP contribution is -2.45. The molecule has 1 atom stereocenters. The lowest BCUT2D eigenvalue weighted by Gasteiger charge is -2.29. The van der Waals surface area contributed by atoms with E-state index in [1.807, 2.05) is 30.3 Å². The maximum Gasteiger partial charge on any atom is 0.243 e. The van der Waals surface area contributed by atoms with Crippen LogP contribution in [0.4, 0.5) is 0 Å². The Hall–Kier alpha value is -1.43. The highest BCUT2D eigenvalue weighted by Gasteiger charge is 2.28. The zero-order valence-corrected chi connectivity index (χ0v) is 12.0. The number of piperidine rings is 1. The molecule has 0 amide bonds. The van der Waals surface area contributed by atoms with Crippen molar-refractivity contribution in [3.63, 3.8) is 0 Å². The minimum atomic E-state index is -3.43. The summed E-state index contributed by atoms with van der Waals surface area (Å²) < 4.78 is 26.8. The Morgan fingerprint density at radius 2 is 1.85 bits per heavy atom. The van der Waals surface area contributed by atoms with Crippen LogP contribution in [0.1, 0.15) is 12.8 Å². The molecule has 0 unspecified atom stereocenters. The fraction of sp³-hybridized carbons (Fsp3) is 0.333. The van der Waals surface area contributed by atoms with Gasteiger partial charge in [0.15, 0.2) is 0 Å². The Kier molecular flexibility index (Phi) is 3.50. The molecule has 3 rings (SSSR count). The molecule has 20 heavy (non-hydrogen) atoms. The quantitative estimate of drug-likeness (QED) is 0.919. The first kappa shape index (κ1) is 13.5. The minimum Gasteiger partial charge on any atom is -0.327 e. The number of hydrogen-bond acceptors (Lipinski definition) is 3. The first-order chi connectivity index (χ1) is 9.57. The summed E-state index contributed by atoms with van der Waals surface area (Å²) in [5.41, 5.74) is 5.88. The van der Waals surface area contributed by atoms with Gasteiger partial charge in [0.25, 0.3) is 0 Å². The van der Waals surface area contributed by atoms with Crippen molar-refractivity contribution in [1.82, 2.24) is 4.31 Å². The summed E-state index contributed by atoms with van der Waals surface area (Å²) >= 11 is 0. The standard InChI is InChI=1S/C15H18N2O2S/c16-14-6-3-9-17(11-14)20(18,19)15-8-7-12-4-1-2-5-13(12)10-15/h1-2,4-5,7-8,10,14H,3,6,9,11,16H2/t14-/m1/s1. The van der Waals surface area contributed by atoms with Gasteiger partial charge in [0.1, 0.15) is 0 Å². The predicted molar refractivity (Wildman–Crippen MR) is 79.9 cm³/mol. The minimum absolute atomic E-state index is 0.0565. The van der Waals surface area contributed by atoms with Crippen LogP contribution in [0.5, 0.6) is 0 Å². The predicted octanol–water partition coefficient (Wildman–Crippen LogP) is 1.95. The highest BCUT2D eigenvalue weighted by atomic mass is 32.2. The van der Waals surface area contributed by atoms with E-state index in [-0.39, 0.29) is 6.04 Å². The topological polar surface area (TPSA) is 63.4 Å². The van der Waals surface area contributed by atoms with E-state index < -0.39 is 10.0 Å². The molecule has 2 N–H and O–H groups in total. The van der Waals surface area contributed by atoms with Crippen molar-refractivity contribution in [3.8, 4) is 0 Å². The molecule has 1 fully saturated rings. The first-order valence-electron chi connectivity index (χ1n) is 6.82. The summed E-state index contributed by atoms with van der Waals surface area (Å²) in [6.45, 7) is 0.970. The molecule has 1 aliphatic heterocycles. The normalized spacial score (nSPS) is 21.1. The Balaban J connectivity index is 2.00. The number of sulfonamides is 1. The molecule has 1 saturated heterocycles. The highest BCUT2D eigenvalue weighted by molar-refractivity contribution is 7.89. The van der Waals surface area contributed by atoms with E-state index in [9.17, 15) is 8.42 Å². The SMILES string of the molecule is N[C@@H]1CCCN(S(=O)(=O)c2ccc3ccccc3c2)C1. The molecule has 2 aromatic rings. The molecule has 0 saturated carbocycles. The Labute approximate surface area is 119 Å². The third kappa shape index (κ3) is 2.44.